The average molecular weight is 607 g/mol. The highest BCUT2D eigenvalue weighted by Gasteiger charge is 2.50. The molecular formula is C41H38O3Si. The average Bonchev–Trinajstić information content (AvgIpc) is 3.08. The van der Waals surface area contributed by atoms with Crippen molar-refractivity contribution in [1.29, 1.82) is 0 Å². The Morgan fingerprint density at radius 1 is 0.644 bits per heavy atom. The van der Waals surface area contributed by atoms with E-state index in [4.69, 9.17) is 9.16 Å². The normalized spacial score (nSPS) is 11.8. The summed E-state index contributed by atoms with van der Waals surface area (Å²) >= 11 is 0. The highest BCUT2D eigenvalue weighted by Crippen LogP contribution is 2.40. The van der Waals surface area contributed by atoms with E-state index in [-0.39, 0.29) is 5.04 Å². The molecule has 0 aromatic heterocycles. The number of fused-ring (bicyclic) bond motifs is 1. The minimum Gasteiger partial charge on any atom is -0.489 e. The molecule has 0 atom stereocenters. The predicted octanol–water partition coefficient (Wildman–Crippen LogP) is 8.97. The van der Waals surface area contributed by atoms with Crippen molar-refractivity contribution >= 4 is 35.7 Å². The van der Waals surface area contributed by atoms with Crippen molar-refractivity contribution in [3.63, 3.8) is 0 Å². The molecule has 224 valence electrons. The lowest BCUT2D eigenvalue weighted by molar-refractivity contribution is 0.112. The highest BCUT2D eigenvalue weighted by atomic mass is 28.4. The summed E-state index contributed by atoms with van der Waals surface area (Å²) in [5.41, 5.74) is 4.54. The molecule has 6 aromatic rings. The summed E-state index contributed by atoms with van der Waals surface area (Å²) in [5, 5.41) is 4.24. The SMILES string of the molecule is CC(C)(C)[Si](OCc1cc2cc(OCc3ccccc3)ccc2c(-c2ccccc2)c1C=O)(c1ccccc1)c1ccccc1. The van der Waals surface area contributed by atoms with Crippen LogP contribution in [0.1, 0.15) is 42.3 Å². The molecule has 0 N–H and O–H groups in total. The zero-order valence-electron chi connectivity index (χ0n) is 26.1. The van der Waals surface area contributed by atoms with E-state index in [9.17, 15) is 4.79 Å². The number of aldehydes is 1. The third-order valence-electron chi connectivity index (χ3n) is 8.53. The molecule has 0 bridgehead atoms. The van der Waals surface area contributed by atoms with E-state index in [0.717, 1.165) is 45.1 Å². The van der Waals surface area contributed by atoms with Crippen molar-refractivity contribution in [2.24, 2.45) is 0 Å². The maximum absolute atomic E-state index is 13.0. The summed E-state index contributed by atoms with van der Waals surface area (Å²) in [6.45, 7) is 7.59. The molecule has 0 radical (unpaired) electrons. The smallest absolute Gasteiger partial charge is 0.261 e. The van der Waals surface area contributed by atoms with Gasteiger partial charge in [-0.25, -0.2) is 0 Å². The van der Waals surface area contributed by atoms with Gasteiger partial charge < -0.3 is 9.16 Å². The molecule has 0 fully saturated rings. The van der Waals surface area contributed by atoms with E-state index < -0.39 is 8.32 Å². The van der Waals surface area contributed by atoms with Crippen LogP contribution in [0.15, 0.2) is 146 Å². The van der Waals surface area contributed by atoms with Crippen molar-refractivity contribution in [2.45, 2.75) is 39.0 Å². The molecule has 6 aromatic carbocycles. The van der Waals surface area contributed by atoms with Crippen LogP contribution >= 0.6 is 0 Å². The Kier molecular flexibility index (Phi) is 8.79. The molecule has 0 saturated carbocycles. The Morgan fingerprint density at radius 3 is 1.76 bits per heavy atom. The molecule has 0 saturated heterocycles. The minimum absolute atomic E-state index is 0.186. The van der Waals surface area contributed by atoms with Gasteiger partial charge in [0, 0.05) is 11.1 Å². The van der Waals surface area contributed by atoms with Crippen molar-refractivity contribution in [2.75, 3.05) is 0 Å². The monoisotopic (exact) mass is 606 g/mol. The summed E-state index contributed by atoms with van der Waals surface area (Å²) in [5.74, 6) is 0.781. The van der Waals surface area contributed by atoms with Gasteiger partial charge in [0.05, 0.1) is 6.61 Å². The van der Waals surface area contributed by atoms with E-state index >= 15 is 0 Å². The molecule has 0 amide bonds. The second-order valence-corrected chi connectivity index (χ2v) is 16.7. The van der Waals surface area contributed by atoms with E-state index in [0.29, 0.717) is 18.8 Å². The molecule has 0 unspecified atom stereocenters. The van der Waals surface area contributed by atoms with Gasteiger partial charge in [-0.2, -0.15) is 0 Å². The molecule has 3 nitrogen and oxygen atoms in total. The van der Waals surface area contributed by atoms with Gasteiger partial charge in [0.25, 0.3) is 8.32 Å². The van der Waals surface area contributed by atoms with Crippen LogP contribution in [-0.2, 0) is 17.6 Å². The first kappa shape index (κ1) is 30.3. The zero-order valence-corrected chi connectivity index (χ0v) is 27.1. The quantitative estimate of drug-likeness (QED) is 0.115. The summed E-state index contributed by atoms with van der Waals surface area (Å²) in [6.07, 6.45) is 0.992. The lowest BCUT2D eigenvalue weighted by atomic mass is 9.90. The summed E-state index contributed by atoms with van der Waals surface area (Å²) in [4.78, 5) is 13.0. The minimum atomic E-state index is -2.83. The van der Waals surface area contributed by atoms with Gasteiger partial charge in [0.2, 0.25) is 0 Å². The third kappa shape index (κ3) is 6.12. The van der Waals surface area contributed by atoms with Crippen LogP contribution in [0.25, 0.3) is 21.9 Å². The van der Waals surface area contributed by atoms with E-state index in [1.807, 2.05) is 54.6 Å². The lowest BCUT2D eigenvalue weighted by Gasteiger charge is -2.43. The van der Waals surface area contributed by atoms with Crippen LogP contribution in [-0.4, -0.2) is 14.6 Å². The highest BCUT2D eigenvalue weighted by molar-refractivity contribution is 6.99. The first-order valence-corrected chi connectivity index (χ1v) is 17.3. The second-order valence-electron chi connectivity index (χ2n) is 12.4. The van der Waals surface area contributed by atoms with Gasteiger partial charge in [0.15, 0.2) is 6.29 Å². The fourth-order valence-corrected chi connectivity index (χ4v) is 10.9. The Bertz CT molecular complexity index is 1840. The Balaban J connectivity index is 1.49. The topological polar surface area (TPSA) is 35.5 Å². The zero-order chi connectivity index (χ0) is 31.3. The Morgan fingerprint density at radius 2 is 1.20 bits per heavy atom. The molecule has 0 aliphatic heterocycles. The molecular weight excluding hydrogens is 569 g/mol. The number of carbonyl (C=O) groups excluding carboxylic acids is 1. The van der Waals surface area contributed by atoms with E-state index in [1.54, 1.807) is 0 Å². The van der Waals surface area contributed by atoms with Crippen molar-refractivity contribution in [1.82, 2.24) is 0 Å². The lowest BCUT2D eigenvalue weighted by Crippen LogP contribution is -2.66. The van der Waals surface area contributed by atoms with Crippen LogP contribution in [0, 0.1) is 0 Å². The van der Waals surface area contributed by atoms with Crippen LogP contribution in [0.5, 0.6) is 5.75 Å². The van der Waals surface area contributed by atoms with Crippen molar-refractivity contribution < 1.29 is 14.0 Å². The van der Waals surface area contributed by atoms with Gasteiger partial charge in [-0.05, 0) is 61.1 Å². The van der Waals surface area contributed by atoms with Gasteiger partial charge >= 0.3 is 0 Å². The Hall–Kier alpha value is -4.77. The molecule has 6 rings (SSSR count). The number of benzene rings is 6. The molecule has 0 aliphatic carbocycles. The third-order valence-corrected chi connectivity index (χ3v) is 13.5. The summed E-state index contributed by atoms with van der Waals surface area (Å²) in [6, 6.07) is 49.8. The van der Waals surface area contributed by atoms with Crippen LogP contribution in [0.4, 0.5) is 0 Å². The first-order valence-electron chi connectivity index (χ1n) is 15.4. The fraction of sp³-hybridized carbons (Fsp3) is 0.146. The number of hydrogen-bond acceptors (Lipinski definition) is 3. The first-order chi connectivity index (χ1) is 21.9. The van der Waals surface area contributed by atoms with Crippen LogP contribution in [0.2, 0.25) is 5.04 Å². The molecule has 0 spiro atoms. The predicted molar refractivity (Wildman–Crippen MR) is 188 cm³/mol. The van der Waals surface area contributed by atoms with Crippen LogP contribution in [0.3, 0.4) is 0 Å². The van der Waals surface area contributed by atoms with E-state index in [1.165, 1.54) is 10.4 Å². The number of rotatable bonds is 10. The fourth-order valence-electron chi connectivity index (χ4n) is 6.41. The largest absolute Gasteiger partial charge is 0.489 e. The maximum atomic E-state index is 13.0. The molecule has 4 heteroatoms. The molecule has 0 aliphatic rings. The number of carbonyl (C=O) groups is 1. The second kappa shape index (κ2) is 13.1. The molecule has 45 heavy (non-hydrogen) atoms. The maximum Gasteiger partial charge on any atom is 0.261 e. The van der Waals surface area contributed by atoms with Gasteiger partial charge in [0.1, 0.15) is 12.4 Å². The van der Waals surface area contributed by atoms with Crippen molar-refractivity contribution in [3.8, 4) is 16.9 Å². The number of hydrogen-bond donors (Lipinski definition) is 0. The van der Waals surface area contributed by atoms with Gasteiger partial charge in [-0.3, -0.25) is 4.79 Å². The molecule has 0 heterocycles. The van der Waals surface area contributed by atoms with E-state index in [2.05, 4.69) is 112 Å². The van der Waals surface area contributed by atoms with Crippen molar-refractivity contribution in [3.05, 3.63) is 162 Å². The van der Waals surface area contributed by atoms with Gasteiger partial charge in [-0.15, -0.1) is 0 Å². The van der Waals surface area contributed by atoms with Crippen LogP contribution < -0.4 is 15.1 Å². The Labute approximate surface area is 267 Å². The summed E-state index contributed by atoms with van der Waals surface area (Å²) in [7, 11) is -2.83. The van der Waals surface area contributed by atoms with Gasteiger partial charge in [-0.1, -0.05) is 148 Å². The standard InChI is InChI=1S/C41H38O3Si/c1-41(2,3)45(36-20-12-6-13-21-36,37-22-14-7-15-23-37)44-30-34-26-33-27-35(43-29-31-16-8-4-9-17-31)24-25-38(33)40(39(34)28-42)32-18-10-5-11-19-32/h4-28H,29-30H2,1-3H3. The summed E-state index contributed by atoms with van der Waals surface area (Å²) < 4.78 is 13.5. The number of ether oxygens (including phenoxy) is 1.